The number of hydrogen-bond donors (Lipinski definition) is 10. The number of carbonyl (C=O) groups excluding carboxylic acids is 6. The lowest BCUT2D eigenvalue weighted by Crippen LogP contribution is -2.55. The Balaban J connectivity index is 1.13. The molecule has 1 aliphatic rings. The van der Waals surface area contributed by atoms with Crippen molar-refractivity contribution in [2.75, 3.05) is 19.8 Å². The molecule has 0 spiro atoms. The first-order valence-corrected chi connectivity index (χ1v) is 27.2. The molecular weight excluding hydrogens is 1050 g/mol. The van der Waals surface area contributed by atoms with Crippen LogP contribution in [0, 0.1) is 24.7 Å². The van der Waals surface area contributed by atoms with Crippen LogP contribution in [0.1, 0.15) is 58.2 Å². The highest BCUT2D eigenvalue weighted by Crippen LogP contribution is 2.35. The quantitative estimate of drug-likeness (QED) is 0.0300. The number of rotatable bonds is 29. The van der Waals surface area contributed by atoms with Gasteiger partial charge in [0.25, 0.3) is 0 Å². The average molecular weight is 1120 g/mol. The van der Waals surface area contributed by atoms with E-state index in [0.29, 0.717) is 11.1 Å². The van der Waals surface area contributed by atoms with Crippen molar-refractivity contribution >= 4 is 60.6 Å². The van der Waals surface area contributed by atoms with E-state index in [-0.39, 0.29) is 89.5 Å². The van der Waals surface area contributed by atoms with Crippen LogP contribution in [0.2, 0.25) is 0 Å². The Bertz CT molecular complexity index is 2840. The molecule has 1 fully saturated rings. The molecule has 6 atom stereocenters. The van der Waals surface area contributed by atoms with Gasteiger partial charge in [0.2, 0.25) is 35.4 Å². The second kappa shape index (κ2) is 31.8. The number of nitrogens with one attached hydrogen (secondary N) is 6. The van der Waals surface area contributed by atoms with Crippen molar-refractivity contribution in [2.45, 2.75) is 83.8 Å². The van der Waals surface area contributed by atoms with Crippen LogP contribution in [-0.4, -0.2) is 108 Å². The predicted octanol–water partition coefficient (Wildman–Crippen LogP) is 1.74. The number of benzene rings is 6. The van der Waals surface area contributed by atoms with Crippen molar-refractivity contribution in [1.82, 2.24) is 31.9 Å². The van der Waals surface area contributed by atoms with E-state index in [4.69, 9.17) is 14.2 Å². The Kier molecular flexibility index (Phi) is 23.9. The van der Waals surface area contributed by atoms with Crippen LogP contribution in [0.5, 0.6) is 0 Å². The molecule has 6 aromatic carbocycles. The van der Waals surface area contributed by atoms with Crippen LogP contribution in [0.15, 0.2) is 164 Å². The summed E-state index contributed by atoms with van der Waals surface area (Å²) in [7, 11) is -3.36. The van der Waals surface area contributed by atoms with Crippen molar-refractivity contribution in [3.05, 3.63) is 203 Å². The van der Waals surface area contributed by atoms with Gasteiger partial charge in [-0.25, -0.2) is 0 Å². The fourth-order valence-electron chi connectivity index (χ4n) is 9.24. The minimum Gasteiger partial charge on any atom is -0.423 e. The third-order valence-electron chi connectivity index (χ3n) is 14.0. The van der Waals surface area contributed by atoms with Gasteiger partial charge < -0.3 is 66.2 Å². The zero-order valence-corrected chi connectivity index (χ0v) is 45.7. The lowest BCUT2D eigenvalue weighted by Gasteiger charge is -2.35. The molecule has 0 aliphatic heterocycles. The summed E-state index contributed by atoms with van der Waals surface area (Å²) in [5.74, 6) is -6.85. The van der Waals surface area contributed by atoms with Gasteiger partial charge in [-0.1, -0.05) is 169 Å². The van der Waals surface area contributed by atoms with Gasteiger partial charge in [0.15, 0.2) is 0 Å². The van der Waals surface area contributed by atoms with Gasteiger partial charge in [-0.2, -0.15) is 0 Å². The van der Waals surface area contributed by atoms with Crippen LogP contribution in [0.25, 0.3) is 0 Å². The number of amides is 6. The SMILES string of the molecule is Cc1ccc(CNC(=O)[C@H](COCc2ccccc2)NC(=O)[C@H]2C[C@@H](C(=O)N[C@@H](COCc3ccccc3)C(=O)NCc3ccc(B(O)O)cc3)C[C@@H](C(=O)N[C@@H](COCc3ccccc3)C(=O)NCc3ccc(B(O)O)cc3)C2)cc1. The number of ether oxygens (including phenoxy) is 3. The van der Waals surface area contributed by atoms with Crippen LogP contribution < -0.4 is 42.8 Å². The monoisotopic (exact) mass is 1120 g/mol. The van der Waals surface area contributed by atoms with Gasteiger partial charge in [0.1, 0.15) is 18.1 Å². The highest BCUT2D eigenvalue weighted by molar-refractivity contribution is 6.58. The second-order valence-electron chi connectivity index (χ2n) is 20.4. The van der Waals surface area contributed by atoms with Gasteiger partial charge >= 0.3 is 14.2 Å². The lowest BCUT2D eigenvalue weighted by molar-refractivity contribution is -0.140. The topological polar surface area (TPSA) is 283 Å². The Labute approximate surface area is 477 Å². The molecule has 19 nitrogen and oxygen atoms in total. The van der Waals surface area contributed by atoms with E-state index in [1.54, 1.807) is 24.3 Å². The number of aryl methyl sites for hydroxylation is 1. The Hall–Kier alpha value is -8.01. The molecule has 1 saturated carbocycles. The minimum absolute atomic E-state index is 0.0123. The smallest absolute Gasteiger partial charge is 0.423 e. The van der Waals surface area contributed by atoms with Crippen LogP contribution in [0.3, 0.4) is 0 Å². The zero-order chi connectivity index (χ0) is 58.2. The van der Waals surface area contributed by atoms with Crippen LogP contribution in [0.4, 0.5) is 0 Å². The number of carbonyl (C=O) groups is 6. The van der Waals surface area contributed by atoms with Gasteiger partial charge in [-0.05, 0) is 70.5 Å². The normalized spacial score (nSPS) is 15.8. The summed E-state index contributed by atoms with van der Waals surface area (Å²) < 4.78 is 18.0. The Morgan fingerprint density at radius 3 is 0.939 bits per heavy atom. The third-order valence-corrected chi connectivity index (χ3v) is 14.0. The molecule has 0 saturated heterocycles. The maximum absolute atomic E-state index is 14.7. The maximum atomic E-state index is 14.7. The summed E-state index contributed by atoms with van der Waals surface area (Å²) in [4.78, 5) is 86.3. The molecular formula is C61H70B2N6O13. The summed E-state index contributed by atoms with van der Waals surface area (Å²) in [6.45, 7) is 1.74. The molecule has 10 N–H and O–H groups in total. The summed E-state index contributed by atoms with van der Waals surface area (Å²) in [6.07, 6.45) is -0.294. The highest BCUT2D eigenvalue weighted by atomic mass is 16.5. The standard InChI is InChI=1S/C61H70B2N6O13/c1-41-17-19-42(20-18-41)32-64-59(73)53(38-80-35-45-11-5-2-6-12-45)67-56(70)48-29-49(57(71)68-54(39-81-36-46-13-7-3-8-14-46)60(74)65-33-43-21-25-51(26-22-43)62(76)77)31-50(30-48)58(72)69-55(40-82-37-47-15-9-4-10-16-47)61(75)66-34-44-23-27-52(28-24-44)63(78)79/h2-28,48-50,53-55,76-79H,29-40H2,1H3,(H,64,73)(H,65,74)(H,66,75)(H,67,70)(H,68,71)(H,69,72)/t48-,49+,50-,53-,54-,55-/m0/s1. The molecule has 0 heterocycles. The summed E-state index contributed by atoms with van der Waals surface area (Å²) in [5, 5.41) is 55.4. The van der Waals surface area contributed by atoms with Gasteiger partial charge in [-0.15, -0.1) is 0 Å². The molecule has 0 aromatic heterocycles. The Morgan fingerprint density at radius 2 is 0.671 bits per heavy atom. The fraction of sp³-hybridized carbons (Fsp3) is 0.311. The van der Waals surface area contributed by atoms with E-state index in [1.165, 1.54) is 24.3 Å². The minimum atomic E-state index is -1.68. The van der Waals surface area contributed by atoms with Crippen LogP contribution >= 0.6 is 0 Å². The predicted molar refractivity (Wildman–Crippen MR) is 308 cm³/mol. The average Bonchev–Trinajstić information content (AvgIpc) is 3.50. The largest absolute Gasteiger partial charge is 0.488 e. The lowest BCUT2D eigenvalue weighted by atomic mass is 9.73. The Morgan fingerprint density at radius 1 is 0.402 bits per heavy atom. The first-order chi connectivity index (χ1) is 39.7. The van der Waals surface area contributed by atoms with Crippen molar-refractivity contribution in [3.63, 3.8) is 0 Å². The van der Waals surface area contributed by atoms with Gasteiger partial charge in [0, 0.05) is 37.4 Å². The molecule has 428 valence electrons. The molecule has 0 radical (unpaired) electrons. The van der Waals surface area contributed by atoms with Crippen molar-refractivity contribution in [2.24, 2.45) is 17.8 Å². The van der Waals surface area contributed by atoms with E-state index < -0.39 is 85.6 Å². The highest BCUT2D eigenvalue weighted by Gasteiger charge is 2.42. The second-order valence-corrected chi connectivity index (χ2v) is 20.4. The van der Waals surface area contributed by atoms with Gasteiger partial charge in [-0.3, -0.25) is 28.8 Å². The summed E-state index contributed by atoms with van der Waals surface area (Å²) >= 11 is 0. The first-order valence-electron chi connectivity index (χ1n) is 27.2. The summed E-state index contributed by atoms with van der Waals surface area (Å²) in [5.41, 5.74) is 6.12. The molecule has 0 bridgehead atoms. The molecule has 6 amide bonds. The number of hydrogen-bond acceptors (Lipinski definition) is 13. The zero-order valence-electron chi connectivity index (χ0n) is 45.7. The fourth-order valence-corrected chi connectivity index (χ4v) is 9.24. The molecule has 0 unspecified atom stereocenters. The van der Waals surface area contributed by atoms with Gasteiger partial charge in [0.05, 0.1) is 39.6 Å². The first kappa shape index (κ1) is 61.6. The van der Waals surface area contributed by atoms with E-state index >= 15 is 0 Å². The van der Waals surface area contributed by atoms with Crippen molar-refractivity contribution in [1.29, 1.82) is 0 Å². The van der Waals surface area contributed by atoms with E-state index in [2.05, 4.69) is 31.9 Å². The summed E-state index contributed by atoms with van der Waals surface area (Å²) in [6, 6.07) is 44.1. The molecule has 82 heavy (non-hydrogen) atoms. The molecule has 7 rings (SSSR count). The van der Waals surface area contributed by atoms with E-state index in [9.17, 15) is 48.9 Å². The molecule has 1 aliphatic carbocycles. The van der Waals surface area contributed by atoms with Crippen molar-refractivity contribution < 1.29 is 63.1 Å². The molecule has 6 aromatic rings. The third kappa shape index (κ3) is 19.9. The van der Waals surface area contributed by atoms with E-state index in [1.807, 2.05) is 122 Å². The molecule has 21 heteroatoms. The van der Waals surface area contributed by atoms with Crippen molar-refractivity contribution in [3.8, 4) is 0 Å². The van der Waals surface area contributed by atoms with E-state index in [0.717, 1.165) is 27.8 Å². The van der Waals surface area contributed by atoms with Crippen LogP contribution in [-0.2, 0) is 82.4 Å². The maximum Gasteiger partial charge on any atom is 0.488 e.